The Labute approximate surface area is 152 Å². The second-order valence-electron chi connectivity index (χ2n) is 7.96. The number of imidazole rings is 1. The largest absolute Gasteiger partial charge is 0.345 e. The standard InChI is InChI=1S/C21H32N4/c1-15-9-16(2)13-25(12-15)14-20-8-6-5-7-19(20)11-22-18(4)21-23-10-17(3)24-21/h5-8,10,15-16,18,22H,9,11-14H2,1-4H3,(H,23,24). The molecule has 1 saturated heterocycles. The number of piperidine rings is 1. The van der Waals surface area contributed by atoms with Crippen molar-refractivity contribution < 1.29 is 0 Å². The Morgan fingerprint density at radius 2 is 1.88 bits per heavy atom. The first-order valence-corrected chi connectivity index (χ1v) is 9.55. The molecule has 3 rings (SSSR count). The predicted molar refractivity (Wildman–Crippen MR) is 103 cm³/mol. The molecule has 1 aromatic heterocycles. The van der Waals surface area contributed by atoms with Crippen LogP contribution in [0.1, 0.15) is 55.9 Å². The molecule has 0 aliphatic carbocycles. The lowest BCUT2D eigenvalue weighted by atomic mass is 9.91. The van der Waals surface area contributed by atoms with Crippen LogP contribution < -0.4 is 5.32 Å². The summed E-state index contributed by atoms with van der Waals surface area (Å²) in [6, 6.07) is 9.05. The van der Waals surface area contributed by atoms with E-state index >= 15 is 0 Å². The van der Waals surface area contributed by atoms with E-state index < -0.39 is 0 Å². The first kappa shape index (κ1) is 18.2. The van der Waals surface area contributed by atoms with E-state index in [1.165, 1.54) is 30.6 Å². The topological polar surface area (TPSA) is 44.0 Å². The highest BCUT2D eigenvalue weighted by atomic mass is 15.1. The van der Waals surface area contributed by atoms with Crippen LogP contribution >= 0.6 is 0 Å². The van der Waals surface area contributed by atoms with Crippen molar-refractivity contribution in [2.24, 2.45) is 11.8 Å². The summed E-state index contributed by atoms with van der Waals surface area (Å²) in [6.07, 6.45) is 3.25. The molecule has 2 heterocycles. The van der Waals surface area contributed by atoms with E-state index in [0.717, 1.165) is 36.4 Å². The van der Waals surface area contributed by atoms with Gasteiger partial charge >= 0.3 is 0 Å². The molecule has 1 aliphatic rings. The fraction of sp³-hybridized carbons (Fsp3) is 0.571. The Bertz CT molecular complexity index is 668. The number of hydrogen-bond donors (Lipinski definition) is 2. The van der Waals surface area contributed by atoms with Gasteiger partial charge in [0.25, 0.3) is 0 Å². The van der Waals surface area contributed by atoms with Crippen molar-refractivity contribution in [3.63, 3.8) is 0 Å². The van der Waals surface area contributed by atoms with Crippen LogP contribution in [-0.2, 0) is 13.1 Å². The van der Waals surface area contributed by atoms with Crippen LogP contribution in [-0.4, -0.2) is 28.0 Å². The van der Waals surface area contributed by atoms with Crippen molar-refractivity contribution in [3.8, 4) is 0 Å². The first-order valence-electron chi connectivity index (χ1n) is 9.55. The molecule has 4 heteroatoms. The molecule has 3 unspecified atom stereocenters. The smallest absolute Gasteiger partial charge is 0.123 e. The second kappa shape index (κ2) is 8.15. The third kappa shape index (κ3) is 4.93. The van der Waals surface area contributed by atoms with E-state index in [1.54, 1.807) is 0 Å². The minimum atomic E-state index is 0.219. The average Bonchev–Trinajstić information content (AvgIpc) is 2.99. The van der Waals surface area contributed by atoms with Crippen LogP contribution in [0.3, 0.4) is 0 Å². The number of hydrogen-bond acceptors (Lipinski definition) is 3. The lowest BCUT2D eigenvalue weighted by molar-refractivity contribution is 0.134. The number of aryl methyl sites for hydroxylation is 1. The van der Waals surface area contributed by atoms with Crippen molar-refractivity contribution in [2.75, 3.05) is 13.1 Å². The Hall–Kier alpha value is -1.65. The van der Waals surface area contributed by atoms with Crippen LogP contribution in [0.25, 0.3) is 0 Å². The predicted octanol–water partition coefficient (Wildman–Crippen LogP) is 4.05. The van der Waals surface area contributed by atoms with E-state index in [4.69, 9.17) is 0 Å². The molecule has 0 saturated carbocycles. The average molecular weight is 341 g/mol. The van der Waals surface area contributed by atoms with E-state index in [2.05, 4.69) is 65.2 Å². The van der Waals surface area contributed by atoms with Crippen molar-refractivity contribution >= 4 is 0 Å². The SMILES string of the molecule is Cc1cnc(C(C)NCc2ccccc2CN2CC(C)CC(C)C2)[nH]1. The maximum atomic E-state index is 4.43. The quantitative estimate of drug-likeness (QED) is 0.834. The van der Waals surface area contributed by atoms with Gasteiger partial charge in [0.15, 0.2) is 0 Å². The molecule has 1 aromatic carbocycles. The van der Waals surface area contributed by atoms with Gasteiger partial charge in [-0.2, -0.15) is 0 Å². The Balaban J connectivity index is 1.62. The van der Waals surface area contributed by atoms with Crippen molar-refractivity contribution in [3.05, 3.63) is 53.1 Å². The molecule has 0 radical (unpaired) electrons. The van der Waals surface area contributed by atoms with Crippen molar-refractivity contribution in [1.29, 1.82) is 0 Å². The number of likely N-dealkylation sites (tertiary alicyclic amines) is 1. The number of H-pyrrole nitrogens is 1. The highest BCUT2D eigenvalue weighted by Crippen LogP contribution is 2.23. The van der Waals surface area contributed by atoms with Crippen molar-refractivity contribution in [1.82, 2.24) is 20.2 Å². The first-order chi connectivity index (χ1) is 12.0. The molecule has 1 aliphatic heterocycles. The van der Waals surface area contributed by atoms with Gasteiger partial charge in [-0.05, 0) is 43.2 Å². The molecule has 0 spiro atoms. The van der Waals surface area contributed by atoms with E-state index in [9.17, 15) is 0 Å². The minimum Gasteiger partial charge on any atom is -0.345 e. The maximum absolute atomic E-state index is 4.43. The van der Waals surface area contributed by atoms with Crippen LogP contribution in [0.2, 0.25) is 0 Å². The van der Waals surface area contributed by atoms with Gasteiger partial charge in [-0.15, -0.1) is 0 Å². The molecule has 2 aromatic rings. The Morgan fingerprint density at radius 3 is 2.52 bits per heavy atom. The van der Waals surface area contributed by atoms with Gasteiger partial charge in [-0.3, -0.25) is 4.90 Å². The van der Waals surface area contributed by atoms with Crippen molar-refractivity contribution in [2.45, 2.75) is 53.2 Å². The molecular formula is C21H32N4. The molecule has 0 amide bonds. The van der Waals surface area contributed by atoms with Gasteiger partial charge in [0.1, 0.15) is 5.82 Å². The van der Waals surface area contributed by atoms with Crippen LogP contribution in [0.4, 0.5) is 0 Å². The maximum Gasteiger partial charge on any atom is 0.123 e. The zero-order valence-corrected chi connectivity index (χ0v) is 16.0. The minimum absolute atomic E-state index is 0.219. The number of benzene rings is 1. The number of aromatic nitrogens is 2. The second-order valence-corrected chi connectivity index (χ2v) is 7.96. The molecule has 1 fully saturated rings. The highest BCUT2D eigenvalue weighted by Gasteiger charge is 2.22. The zero-order valence-electron chi connectivity index (χ0n) is 16.0. The fourth-order valence-corrected chi connectivity index (χ4v) is 4.06. The number of aromatic amines is 1. The van der Waals surface area contributed by atoms with E-state index in [0.29, 0.717) is 0 Å². The molecule has 2 N–H and O–H groups in total. The molecule has 136 valence electrons. The lowest BCUT2D eigenvalue weighted by Crippen LogP contribution is -2.38. The lowest BCUT2D eigenvalue weighted by Gasteiger charge is -2.35. The third-order valence-electron chi connectivity index (χ3n) is 5.19. The summed E-state index contributed by atoms with van der Waals surface area (Å²) in [4.78, 5) is 10.4. The molecular weight excluding hydrogens is 308 g/mol. The number of nitrogens with zero attached hydrogens (tertiary/aromatic N) is 2. The van der Waals surface area contributed by atoms with Gasteiger partial charge in [-0.25, -0.2) is 4.98 Å². The molecule has 3 atom stereocenters. The molecule has 4 nitrogen and oxygen atoms in total. The summed E-state index contributed by atoms with van der Waals surface area (Å²) in [7, 11) is 0. The number of rotatable bonds is 6. The van der Waals surface area contributed by atoms with Gasteiger partial charge < -0.3 is 10.3 Å². The molecule has 25 heavy (non-hydrogen) atoms. The zero-order chi connectivity index (χ0) is 17.8. The monoisotopic (exact) mass is 340 g/mol. The third-order valence-corrected chi connectivity index (χ3v) is 5.19. The summed E-state index contributed by atoms with van der Waals surface area (Å²) in [6.45, 7) is 13.3. The summed E-state index contributed by atoms with van der Waals surface area (Å²) in [5.41, 5.74) is 3.94. The summed E-state index contributed by atoms with van der Waals surface area (Å²) in [5, 5.41) is 3.61. The van der Waals surface area contributed by atoms with Crippen LogP contribution in [0.5, 0.6) is 0 Å². The van der Waals surface area contributed by atoms with Crippen LogP contribution in [0.15, 0.2) is 30.5 Å². The fourth-order valence-electron chi connectivity index (χ4n) is 4.06. The van der Waals surface area contributed by atoms with Gasteiger partial charge in [0, 0.05) is 38.1 Å². The van der Waals surface area contributed by atoms with E-state index in [1.807, 2.05) is 13.1 Å². The summed E-state index contributed by atoms with van der Waals surface area (Å²) < 4.78 is 0. The van der Waals surface area contributed by atoms with Gasteiger partial charge in [0.2, 0.25) is 0 Å². The Morgan fingerprint density at radius 1 is 1.20 bits per heavy atom. The summed E-state index contributed by atoms with van der Waals surface area (Å²) in [5.74, 6) is 2.61. The normalized spacial score (nSPS) is 22.9. The van der Waals surface area contributed by atoms with Gasteiger partial charge in [0.05, 0.1) is 6.04 Å². The van der Waals surface area contributed by atoms with E-state index in [-0.39, 0.29) is 6.04 Å². The van der Waals surface area contributed by atoms with Gasteiger partial charge in [-0.1, -0.05) is 38.1 Å². The summed E-state index contributed by atoms with van der Waals surface area (Å²) >= 11 is 0. The molecule has 0 bridgehead atoms. The number of nitrogens with one attached hydrogen (secondary N) is 2. The highest BCUT2D eigenvalue weighted by molar-refractivity contribution is 5.27. The Kier molecular flexibility index (Phi) is 5.92. The van der Waals surface area contributed by atoms with Crippen LogP contribution in [0, 0.1) is 18.8 Å².